The summed E-state index contributed by atoms with van der Waals surface area (Å²) < 4.78 is 60.7. The first-order valence-corrected chi connectivity index (χ1v) is 16.7. The van der Waals surface area contributed by atoms with E-state index >= 15 is 8.78 Å². The number of anilines is 2. The van der Waals surface area contributed by atoms with Gasteiger partial charge in [-0.05, 0) is 117 Å². The Morgan fingerprint density at radius 3 is 2.64 bits per heavy atom. The van der Waals surface area contributed by atoms with Crippen LogP contribution >= 0.6 is 11.6 Å². The third-order valence-corrected chi connectivity index (χ3v) is 10.2. The maximum atomic E-state index is 16.1. The normalized spacial score (nSPS) is 17.9. The highest BCUT2D eigenvalue weighted by molar-refractivity contribution is 7.92. The van der Waals surface area contributed by atoms with Crippen LogP contribution in [0.2, 0.25) is 5.02 Å². The lowest BCUT2D eigenvalue weighted by Crippen LogP contribution is -2.37. The molecule has 12 heteroatoms. The van der Waals surface area contributed by atoms with Gasteiger partial charge in [0.2, 0.25) is 5.95 Å². The van der Waals surface area contributed by atoms with Crippen molar-refractivity contribution < 1.29 is 22.3 Å². The molecule has 6 rings (SSSR count). The smallest absolute Gasteiger partial charge is 0.262 e. The molecular weight excluding hydrogens is 608 g/mol. The van der Waals surface area contributed by atoms with Crippen LogP contribution in [-0.4, -0.2) is 54.6 Å². The van der Waals surface area contributed by atoms with Gasteiger partial charge < -0.3 is 15.3 Å². The van der Waals surface area contributed by atoms with Gasteiger partial charge in [-0.3, -0.25) is 4.72 Å². The van der Waals surface area contributed by atoms with Crippen molar-refractivity contribution in [3.63, 3.8) is 0 Å². The standard InChI is InChI=1S/C32H34ClF2N5O3S/c1-3-18-13-19(14-20-17-36-32(38-31(18)20)37-22-9-11-40(2)12-10-22)29-25(34)7-8-26(30(29)35)39-44(42,43)28-16-21(33)15-24-23(28)5-4-6-27(24)41/h7-8,13-17,22,27,39,41H,3-6,9-12H2,1-2H3,(H,36,37,38). The number of aromatic nitrogens is 2. The van der Waals surface area contributed by atoms with E-state index in [1.54, 1.807) is 24.4 Å². The van der Waals surface area contributed by atoms with Gasteiger partial charge in [0.1, 0.15) is 5.82 Å². The van der Waals surface area contributed by atoms with Crippen molar-refractivity contribution in [1.82, 2.24) is 14.9 Å². The Bertz CT molecular complexity index is 1850. The van der Waals surface area contributed by atoms with Gasteiger partial charge in [0, 0.05) is 22.6 Å². The Morgan fingerprint density at radius 1 is 1.11 bits per heavy atom. The number of rotatable bonds is 7. The van der Waals surface area contributed by atoms with Gasteiger partial charge >= 0.3 is 0 Å². The van der Waals surface area contributed by atoms with Crippen LogP contribution in [0.4, 0.5) is 20.4 Å². The monoisotopic (exact) mass is 641 g/mol. The van der Waals surface area contributed by atoms with Crippen molar-refractivity contribution in [2.24, 2.45) is 0 Å². The van der Waals surface area contributed by atoms with Gasteiger partial charge in [-0.2, -0.15) is 0 Å². The van der Waals surface area contributed by atoms with Crippen molar-refractivity contribution in [3.05, 3.63) is 75.9 Å². The number of hydrogen-bond acceptors (Lipinski definition) is 7. The second-order valence-corrected chi connectivity index (χ2v) is 13.7. The molecule has 1 fully saturated rings. The van der Waals surface area contributed by atoms with Crippen molar-refractivity contribution >= 4 is 44.2 Å². The highest BCUT2D eigenvalue weighted by atomic mass is 35.5. The van der Waals surface area contributed by atoms with Gasteiger partial charge in [-0.1, -0.05) is 18.5 Å². The summed E-state index contributed by atoms with van der Waals surface area (Å²) >= 11 is 6.21. The summed E-state index contributed by atoms with van der Waals surface area (Å²) in [5.41, 5.74) is 1.83. The van der Waals surface area contributed by atoms with E-state index in [-0.39, 0.29) is 27.1 Å². The summed E-state index contributed by atoms with van der Waals surface area (Å²) in [5, 5.41) is 14.6. The molecule has 1 unspecified atom stereocenters. The molecule has 3 aromatic carbocycles. The Labute approximate surface area is 260 Å². The molecule has 1 atom stereocenters. The summed E-state index contributed by atoms with van der Waals surface area (Å²) in [6.07, 6.45) is 4.82. The molecule has 3 N–H and O–H groups in total. The third-order valence-electron chi connectivity index (χ3n) is 8.58. The summed E-state index contributed by atoms with van der Waals surface area (Å²) in [4.78, 5) is 11.4. The second kappa shape index (κ2) is 12.2. The van der Waals surface area contributed by atoms with Crippen LogP contribution in [0.3, 0.4) is 0 Å². The molecule has 4 aromatic rings. The van der Waals surface area contributed by atoms with E-state index in [1.807, 2.05) is 6.92 Å². The summed E-state index contributed by atoms with van der Waals surface area (Å²) in [6, 6.07) is 8.50. The molecule has 8 nitrogen and oxygen atoms in total. The average Bonchev–Trinajstić information content (AvgIpc) is 2.99. The number of sulfonamides is 1. The van der Waals surface area contributed by atoms with Gasteiger partial charge in [-0.25, -0.2) is 27.2 Å². The zero-order valence-corrected chi connectivity index (χ0v) is 26.1. The number of likely N-dealkylation sites (tertiary alicyclic amines) is 1. The molecule has 0 saturated carbocycles. The first-order valence-electron chi connectivity index (χ1n) is 14.8. The Hall–Kier alpha value is -3.38. The number of halogens is 3. The Morgan fingerprint density at radius 2 is 1.89 bits per heavy atom. The SMILES string of the molecule is CCc1cc(-c2c(F)ccc(NS(=O)(=O)c3cc(Cl)cc4c3CCCC4O)c2F)cc2cnc(NC3CCN(C)CC3)nc12. The van der Waals surface area contributed by atoms with Crippen molar-refractivity contribution in [1.29, 1.82) is 0 Å². The molecule has 2 aliphatic rings. The molecular formula is C32H34ClF2N5O3S. The molecule has 1 aliphatic heterocycles. The number of fused-ring (bicyclic) bond motifs is 2. The number of aryl methyl sites for hydroxylation is 1. The molecule has 44 heavy (non-hydrogen) atoms. The highest BCUT2D eigenvalue weighted by Gasteiger charge is 2.29. The van der Waals surface area contributed by atoms with Crippen LogP contribution in [-0.2, 0) is 22.9 Å². The topological polar surface area (TPSA) is 107 Å². The number of nitrogens with zero attached hydrogens (tertiary/aromatic N) is 3. The van der Waals surface area contributed by atoms with Gasteiger partial charge in [0.05, 0.1) is 27.8 Å². The van der Waals surface area contributed by atoms with Crippen molar-refractivity contribution in [2.75, 3.05) is 30.2 Å². The maximum Gasteiger partial charge on any atom is 0.262 e. The van der Waals surface area contributed by atoms with Crippen LogP contribution in [0.15, 0.2) is 47.5 Å². The van der Waals surface area contributed by atoms with Crippen LogP contribution in [0.25, 0.3) is 22.0 Å². The fourth-order valence-corrected chi connectivity index (χ4v) is 7.87. The van der Waals surface area contributed by atoms with Crippen LogP contribution in [0, 0.1) is 11.6 Å². The van der Waals surface area contributed by atoms with E-state index in [1.165, 1.54) is 6.07 Å². The largest absolute Gasteiger partial charge is 0.388 e. The van der Waals surface area contributed by atoms with Crippen molar-refractivity contribution in [2.45, 2.75) is 62.5 Å². The van der Waals surface area contributed by atoms with E-state index in [0.29, 0.717) is 53.7 Å². The zero-order valence-electron chi connectivity index (χ0n) is 24.5. The molecule has 0 amide bonds. The number of nitrogens with one attached hydrogen (secondary N) is 2. The fraction of sp³-hybridized carbons (Fsp3) is 0.375. The minimum absolute atomic E-state index is 0.134. The number of benzene rings is 3. The number of piperidine rings is 1. The van der Waals surface area contributed by atoms with Crippen molar-refractivity contribution in [3.8, 4) is 11.1 Å². The van der Waals surface area contributed by atoms with E-state index in [2.05, 4.69) is 27.0 Å². The molecule has 1 saturated heterocycles. The first-order chi connectivity index (χ1) is 21.0. The van der Waals surface area contributed by atoms with E-state index in [9.17, 15) is 13.5 Å². The van der Waals surface area contributed by atoms with Crippen LogP contribution in [0.5, 0.6) is 0 Å². The minimum atomic E-state index is -4.34. The van der Waals surface area contributed by atoms with Crippen LogP contribution < -0.4 is 10.0 Å². The molecule has 232 valence electrons. The Kier molecular flexibility index (Phi) is 8.49. The highest BCUT2D eigenvalue weighted by Crippen LogP contribution is 2.38. The van der Waals surface area contributed by atoms with Crippen LogP contribution in [0.1, 0.15) is 55.4 Å². The quantitative estimate of drug-likeness (QED) is 0.212. The lowest BCUT2D eigenvalue weighted by atomic mass is 9.89. The number of hydrogen-bond donors (Lipinski definition) is 3. The van der Waals surface area contributed by atoms with E-state index in [0.717, 1.165) is 43.6 Å². The molecule has 0 spiro atoms. The number of aliphatic hydroxyl groups is 1. The summed E-state index contributed by atoms with van der Waals surface area (Å²) in [6.45, 7) is 3.92. The zero-order chi connectivity index (χ0) is 31.2. The Balaban J connectivity index is 1.35. The minimum Gasteiger partial charge on any atom is -0.388 e. The number of aliphatic hydroxyl groups excluding tert-OH is 1. The van der Waals surface area contributed by atoms with Gasteiger partial charge in [0.25, 0.3) is 10.0 Å². The molecule has 1 aromatic heterocycles. The first kappa shape index (κ1) is 30.6. The fourth-order valence-electron chi connectivity index (χ4n) is 6.20. The predicted octanol–water partition coefficient (Wildman–Crippen LogP) is 6.47. The van der Waals surface area contributed by atoms with E-state index in [4.69, 9.17) is 16.6 Å². The lowest BCUT2D eigenvalue weighted by molar-refractivity contribution is 0.156. The average molecular weight is 642 g/mol. The maximum absolute atomic E-state index is 16.1. The summed E-state index contributed by atoms with van der Waals surface area (Å²) in [7, 11) is -2.24. The predicted molar refractivity (Wildman–Crippen MR) is 169 cm³/mol. The van der Waals surface area contributed by atoms with Gasteiger partial charge in [0.15, 0.2) is 5.82 Å². The lowest BCUT2D eigenvalue weighted by Gasteiger charge is -2.29. The molecule has 2 heterocycles. The third kappa shape index (κ3) is 5.98. The second-order valence-electron chi connectivity index (χ2n) is 11.6. The molecule has 0 bridgehead atoms. The molecule has 0 radical (unpaired) electrons. The van der Waals surface area contributed by atoms with Gasteiger partial charge in [-0.15, -0.1) is 0 Å². The summed E-state index contributed by atoms with van der Waals surface area (Å²) in [5.74, 6) is -1.37. The molecule has 1 aliphatic carbocycles. The van der Waals surface area contributed by atoms with E-state index < -0.39 is 33.4 Å².